The second-order valence-electron chi connectivity index (χ2n) is 3.27. The number of thioether (sulfide) groups is 1. The van der Waals surface area contributed by atoms with Crippen LogP contribution in [0.3, 0.4) is 0 Å². The van der Waals surface area contributed by atoms with Crippen LogP contribution in [0.5, 0.6) is 0 Å². The molecule has 2 nitrogen and oxygen atoms in total. The molecule has 0 saturated heterocycles. The van der Waals surface area contributed by atoms with Crippen molar-refractivity contribution in [3.8, 4) is 0 Å². The number of aromatic nitrogens is 1. The maximum atomic E-state index is 4.54. The lowest BCUT2D eigenvalue weighted by molar-refractivity contribution is 1.04. The van der Waals surface area contributed by atoms with Gasteiger partial charge in [-0.2, -0.15) is 11.8 Å². The Bertz CT molecular complexity index is 268. The molecule has 0 spiro atoms. The van der Waals surface area contributed by atoms with Gasteiger partial charge in [0.15, 0.2) is 5.13 Å². The van der Waals surface area contributed by atoms with Gasteiger partial charge in [0, 0.05) is 23.6 Å². The van der Waals surface area contributed by atoms with E-state index in [1.165, 1.54) is 18.5 Å². The summed E-state index contributed by atoms with van der Waals surface area (Å²) in [5.74, 6) is 1.94. The van der Waals surface area contributed by atoms with Crippen LogP contribution in [0.2, 0.25) is 0 Å². The first-order valence-corrected chi connectivity index (χ1v) is 6.85. The number of nitrogens with zero attached hydrogens (tertiary/aromatic N) is 1. The average molecular weight is 214 g/mol. The van der Waals surface area contributed by atoms with Gasteiger partial charge in [-0.1, -0.05) is 0 Å². The van der Waals surface area contributed by atoms with Crippen LogP contribution >= 0.6 is 23.1 Å². The zero-order valence-electron chi connectivity index (χ0n) is 7.75. The highest BCUT2D eigenvalue weighted by atomic mass is 32.2. The number of hydrogen-bond acceptors (Lipinski definition) is 4. The van der Waals surface area contributed by atoms with Crippen molar-refractivity contribution in [1.82, 2.24) is 4.98 Å². The van der Waals surface area contributed by atoms with Crippen molar-refractivity contribution in [2.24, 2.45) is 0 Å². The van der Waals surface area contributed by atoms with Gasteiger partial charge in [0.2, 0.25) is 0 Å². The monoisotopic (exact) mass is 214 g/mol. The molecule has 1 aromatic heterocycles. The molecule has 0 unspecified atom stereocenters. The van der Waals surface area contributed by atoms with Crippen molar-refractivity contribution in [3.63, 3.8) is 0 Å². The third-order valence-electron chi connectivity index (χ3n) is 2.10. The van der Waals surface area contributed by atoms with Crippen molar-refractivity contribution in [3.05, 3.63) is 11.1 Å². The topological polar surface area (TPSA) is 24.9 Å². The van der Waals surface area contributed by atoms with Crippen LogP contribution in [-0.4, -0.2) is 23.5 Å². The average Bonchev–Trinajstić information content (AvgIpc) is 2.88. The fraction of sp³-hybridized carbons (Fsp3) is 0.667. The minimum atomic E-state index is 0.785. The zero-order valence-corrected chi connectivity index (χ0v) is 9.38. The van der Waals surface area contributed by atoms with E-state index in [-0.39, 0.29) is 0 Å². The van der Waals surface area contributed by atoms with E-state index in [0.29, 0.717) is 0 Å². The van der Waals surface area contributed by atoms with Crippen LogP contribution < -0.4 is 5.32 Å². The van der Waals surface area contributed by atoms with Crippen LogP contribution in [0.1, 0.15) is 24.5 Å². The molecule has 1 N–H and O–H groups in total. The zero-order chi connectivity index (χ0) is 9.10. The van der Waals surface area contributed by atoms with Gasteiger partial charge in [0.1, 0.15) is 0 Å². The Morgan fingerprint density at radius 2 is 2.54 bits per heavy atom. The van der Waals surface area contributed by atoms with E-state index in [9.17, 15) is 0 Å². The summed E-state index contributed by atoms with van der Waals surface area (Å²) in [4.78, 5) is 4.54. The van der Waals surface area contributed by atoms with Crippen molar-refractivity contribution < 1.29 is 0 Å². The van der Waals surface area contributed by atoms with Gasteiger partial charge in [0.25, 0.3) is 0 Å². The first-order chi connectivity index (χ1) is 6.40. The maximum Gasteiger partial charge on any atom is 0.182 e. The molecule has 0 amide bonds. The Morgan fingerprint density at radius 3 is 3.23 bits per heavy atom. The molecule has 13 heavy (non-hydrogen) atoms. The number of anilines is 1. The molecule has 0 radical (unpaired) electrons. The van der Waals surface area contributed by atoms with Gasteiger partial charge in [-0.15, -0.1) is 11.3 Å². The van der Waals surface area contributed by atoms with Gasteiger partial charge in [-0.3, -0.25) is 0 Å². The summed E-state index contributed by atoms with van der Waals surface area (Å²) in [7, 11) is 0. The predicted molar refractivity (Wildman–Crippen MR) is 61.0 cm³/mol. The van der Waals surface area contributed by atoms with E-state index in [2.05, 4.69) is 21.9 Å². The molecule has 0 aliphatic heterocycles. The molecule has 1 aliphatic carbocycles. The van der Waals surface area contributed by atoms with Crippen LogP contribution in [-0.2, 0) is 0 Å². The third-order valence-corrected chi connectivity index (χ3v) is 3.53. The summed E-state index contributed by atoms with van der Waals surface area (Å²) in [6, 6.07) is 0. The fourth-order valence-corrected chi connectivity index (χ4v) is 2.32. The minimum absolute atomic E-state index is 0.785. The first-order valence-electron chi connectivity index (χ1n) is 4.58. The van der Waals surface area contributed by atoms with Crippen molar-refractivity contribution in [2.75, 3.05) is 23.9 Å². The van der Waals surface area contributed by atoms with Crippen molar-refractivity contribution in [1.29, 1.82) is 0 Å². The SMILES string of the molecule is CSCCNc1nc(C2CC2)cs1. The highest BCUT2D eigenvalue weighted by Gasteiger charge is 2.25. The Morgan fingerprint density at radius 1 is 1.69 bits per heavy atom. The minimum Gasteiger partial charge on any atom is -0.361 e. The number of nitrogens with one attached hydrogen (secondary N) is 1. The third kappa shape index (κ3) is 2.61. The largest absolute Gasteiger partial charge is 0.361 e. The van der Waals surface area contributed by atoms with E-state index in [1.807, 2.05) is 11.8 Å². The van der Waals surface area contributed by atoms with Crippen molar-refractivity contribution >= 4 is 28.2 Å². The molecule has 0 bridgehead atoms. The Labute approximate surface area is 87.1 Å². The maximum absolute atomic E-state index is 4.54. The van der Waals surface area contributed by atoms with Gasteiger partial charge in [0.05, 0.1) is 5.69 Å². The molecule has 1 aromatic rings. The van der Waals surface area contributed by atoms with Crippen LogP contribution in [0.15, 0.2) is 5.38 Å². The quantitative estimate of drug-likeness (QED) is 0.763. The summed E-state index contributed by atoms with van der Waals surface area (Å²) < 4.78 is 0. The number of thiazole rings is 1. The molecule has 0 atom stereocenters. The van der Waals surface area contributed by atoms with E-state index >= 15 is 0 Å². The lowest BCUT2D eigenvalue weighted by Gasteiger charge is -1.98. The molecule has 1 aliphatic rings. The molecular weight excluding hydrogens is 200 g/mol. The summed E-state index contributed by atoms with van der Waals surface area (Å²) in [5, 5.41) is 6.62. The fourth-order valence-electron chi connectivity index (χ4n) is 1.19. The Hall–Kier alpha value is -0.220. The molecule has 72 valence electrons. The van der Waals surface area contributed by atoms with Gasteiger partial charge >= 0.3 is 0 Å². The second kappa shape index (κ2) is 4.33. The molecule has 1 fully saturated rings. The standard InChI is InChI=1S/C9H14N2S2/c1-12-5-4-10-9-11-8(6-13-9)7-2-3-7/h6-7H,2-5H2,1H3,(H,10,11). The molecule has 2 rings (SSSR count). The van der Waals surface area contributed by atoms with Crippen LogP contribution in [0, 0.1) is 0 Å². The summed E-state index contributed by atoms with van der Waals surface area (Å²) in [6.07, 6.45) is 4.81. The lowest BCUT2D eigenvalue weighted by atomic mass is 10.3. The molecule has 1 heterocycles. The summed E-state index contributed by atoms with van der Waals surface area (Å²) in [6.45, 7) is 1.03. The highest BCUT2D eigenvalue weighted by molar-refractivity contribution is 7.98. The van der Waals surface area contributed by atoms with Gasteiger partial charge < -0.3 is 5.32 Å². The van der Waals surface area contributed by atoms with E-state index in [0.717, 1.165) is 23.3 Å². The molecule has 0 aromatic carbocycles. The Kier molecular flexibility index (Phi) is 3.11. The number of hydrogen-bond donors (Lipinski definition) is 1. The molecule has 1 saturated carbocycles. The summed E-state index contributed by atoms with van der Waals surface area (Å²) >= 11 is 3.60. The summed E-state index contributed by atoms with van der Waals surface area (Å²) in [5.41, 5.74) is 1.30. The van der Waals surface area contributed by atoms with Crippen molar-refractivity contribution in [2.45, 2.75) is 18.8 Å². The Balaban J connectivity index is 1.82. The highest BCUT2D eigenvalue weighted by Crippen LogP contribution is 2.40. The normalized spacial score (nSPS) is 16.1. The predicted octanol–water partition coefficient (Wildman–Crippen LogP) is 2.80. The smallest absolute Gasteiger partial charge is 0.182 e. The van der Waals surface area contributed by atoms with Gasteiger partial charge in [-0.05, 0) is 19.1 Å². The van der Waals surface area contributed by atoms with Crippen LogP contribution in [0.4, 0.5) is 5.13 Å². The van der Waals surface area contributed by atoms with Gasteiger partial charge in [-0.25, -0.2) is 4.98 Å². The second-order valence-corrected chi connectivity index (χ2v) is 5.12. The first kappa shape index (κ1) is 9.34. The number of rotatable bonds is 5. The van der Waals surface area contributed by atoms with E-state index < -0.39 is 0 Å². The van der Waals surface area contributed by atoms with Crippen LogP contribution in [0.25, 0.3) is 0 Å². The van der Waals surface area contributed by atoms with E-state index in [1.54, 1.807) is 11.3 Å². The molecular formula is C9H14N2S2. The lowest BCUT2D eigenvalue weighted by Crippen LogP contribution is -2.03. The van der Waals surface area contributed by atoms with E-state index in [4.69, 9.17) is 0 Å². The molecule has 4 heteroatoms.